The summed E-state index contributed by atoms with van der Waals surface area (Å²) in [5, 5.41) is 14.5. The van der Waals surface area contributed by atoms with E-state index in [1.807, 2.05) is 6.07 Å². The number of benzene rings is 1. The van der Waals surface area contributed by atoms with E-state index in [1.54, 1.807) is 31.2 Å². The normalized spacial score (nSPS) is 18.4. The molecule has 1 aliphatic rings. The lowest BCUT2D eigenvalue weighted by atomic mass is 9.91. The molecule has 1 aromatic heterocycles. The van der Waals surface area contributed by atoms with Crippen LogP contribution in [0.4, 0.5) is 10.6 Å². The highest BCUT2D eigenvalue weighted by atomic mass is 35.5. The van der Waals surface area contributed by atoms with Crippen LogP contribution in [-0.2, 0) is 15.1 Å². The molecule has 8 nitrogen and oxygen atoms in total. The molecule has 4 amide bonds. The molecule has 1 aliphatic heterocycles. The van der Waals surface area contributed by atoms with Crippen molar-refractivity contribution in [3.63, 3.8) is 0 Å². The lowest BCUT2D eigenvalue weighted by Gasteiger charge is -2.22. The number of hydrogen-bond donors (Lipinski definition) is 2. The second-order valence-electron chi connectivity index (χ2n) is 6.58. The fourth-order valence-electron chi connectivity index (χ4n) is 2.87. The van der Waals surface area contributed by atoms with Crippen molar-refractivity contribution >= 4 is 46.9 Å². The lowest BCUT2D eigenvalue weighted by Crippen LogP contribution is -2.42. The van der Waals surface area contributed by atoms with Crippen molar-refractivity contribution in [2.24, 2.45) is 0 Å². The molecular weight excluding hydrogens is 417 g/mol. The minimum absolute atomic E-state index is 0.0838. The molecule has 3 rings (SSSR count). The highest BCUT2D eigenvalue weighted by molar-refractivity contribution is 6.37. The SMILES string of the molecule is Cc1c(Cl)cnc(NC(=O)CN2C(=O)NC(C)(c3ccc(C#N)cc3)C2=O)c1Cl. The van der Waals surface area contributed by atoms with Crippen molar-refractivity contribution in [3.8, 4) is 6.07 Å². The number of nitriles is 1. The van der Waals surface area contributed by atoms with Crippen molar-refractivity contribution in [1.29, 1.82) is 5.26 Å². The summed E-state index contributed by atoms with van der Waals surface area (Å²) in [6.45, 7) is 2.69. The first kappa shape index (κ1) is 20.6. The summed E-state index contributed by atoms with van der Waals surface area (Å²) in [7, 11) is 0. The summed E-state index contributed by atoms with van der Waals surface area (Å²) in [4.78, 5) is 42.4. The summed E-state index contributed by atoms with van der Waals surface area (Å²) in [5.74, 6) is -1.15. The molecule has 29 heavy (non-hydrogen) atoms. The molecule has 0 spiro atoms. The smallest absolute Gasteiger partial charge is 0.319 e. The van der Waals surface area contributed by atoms with Crippen molar-refractivity contribution in [1.82, 2.24) is 15.2 Å². The molecule has 0 radical (unpaired) electrons. The van der Waals surface area contributed by atoms with Gasteiger partial charge in [-0.3, -0.25) is 14.5 Å². The second-order valence-corrected chi connectivity index (χ2v) is 7.36. The minimum atomic E-state index is -1.35. The molecule has 0 saturated carbocycles. The third-order valence-corrected chi connectivity index (χ3v) is 5.47. The van der Waals surface area contributed by atoms with Crippen LogP contribution in [0.15, 0.2) is 30.5 Å². The maximum atomic E-state index is 12.9. The van der Waals surface area contributed by atoms with Crippen LogP contribution >= 0.6 is 23.2 Å². The van der Waals surface area contributed by atoms with E-state index in [2.05, 4.69) is 15.6 Å². The predicted octanol–water partition coefficient (Wildman–Crippen LogP) is 2.97. The van der Waals surface area contributed by atoms with E-state index < -0.39 is 29.9 Å². The van der Waals surface area contributed by atoms with Crippen LogP contribution in [0.3, 0.4) is 0 Å². The molecule has 2 aromatic rings. The number of halogens is 2. The van der Waals surface area contributed by atoms with Gasteiger partial charge in [-0.1, -0.05) is 35.3 Å². The van der Waals surface area contributed by atoms with E-state index in [0.717, 1.165) is 4.90 Å². The molecule has 1 saturated heterocycles. The Morgan fingerprint density at radius 1 is 1.31 bits per heavy atom. The molecule has 1 unspecified atom stereocenters. The van der Waals surface area contributed by atoms with E-state index in [0.29, 0.717) is 21.7 Å². The van der Waals surface area contributed by atoms with Crippen LogP contribution in [0.25, 0.3) is 0 Å². The second kappa shape index (κ2) is 7.70. The zero-order valence-electron chi connectivity index (χ0n) is 15.4. The molecule has 10 heteroatoms. The maximum absolute atomic E-state index is 12.9. The number of aromatic nitrogens is 1. The summed E-state index contributed by atoms with van der Waals surface area (Å²) in [6, 6.07) is 7.54. The fourth-order valence-corrected chi connectivity index (χ4v) is 3.26. The summed E-state index contributed by atoms with van der Waals surface area (Å²) in [6.07, 6.45) is 1.34. The van der Waals surface area contributed by atoms with Crippen molar-refractivity contribution in [2.75, 3.05) is 11.9 Å². The van der Waals surface area contributed by atoms with Gasteiger partial charge in [0, 0.05) is 6.20 Å². The van der Waals surface area contributed by atoms with Gasteiger partial charge in [0.25, 0.3) is 5.91 Å². The van der Waals surface area contributed by atoms with Gasteiger partial charge in [-0.05, 0) is 37.1 Å². The number of carbonyl (C=O) groups is 3. The van der Waals surface area contributed by atoms with Crippen LogP contribution in [0, 0.1) is 18.3 Å². The number of imide groups is 1. The first-order valence-electron chi connectivity index (χ1n) is 8.42. The van der Waals surface area contributed by atoms with Gasteiger partial charge < -0.3 is 10.6 Å². The first-order chi connectivity index (χ1) is 13.7. The lowest BCUT2D eigenvalue weighted by molar-refractivity contribution is -0.133. The zero-order valence-corrected chi connectivity index (χ0v) is 16.9. The van der Waals surface area contributed by atoms with Crippen molar-refractivity contribution < 1.29 is 14.4 Å². The highest BCUT2D eigenvalue weighted by Crippen LogP contribution is 2.30. The number of pyridine rings is 1. The Hall–Kier alpha value is -3.15. The van der Waals surface area contributed by atoms with Gasteiger partial charge in [-0.2, -0.15) is 5.26 Å². The van der Waals surface area contributed by atoms with E-state index in [-0.39, 0.29) is 10.8 Å². The monoisotopic (exact) mass is 431 g/mol. The number of rotatable bonds is 4. The number of nitrogens with one attached hydrogen (secondary N) is 2. The third kappa shape index (κ3) is 3.75. The number of amides is 4. The Kier molecular flexibility index (Phi) is 5.46. The average molecular weight is 432 g/mol. The average Bonchev–Trinajstić information content (AvgIpc) is 2.92. The minimum Gasteiger partial charge on any atom is -0.319 e. The Bertz CT molecular complexity index is 1060. The van der Waals surface area contributed by atoms with Gasteiger partial charge in [0.2, 0.25) is 5.91 Å². The number of anilines is 1. The molecule has 1 fully saturated rings. The van der Waals surface area contributed by atoms with Crippen LogP contribution in [0.2, 0.25) is 10.0 Å². The van der Waals surface area contributed by atoms with Crippen molar-refractivity contribution in [3.05, 3.63) is 57.2 Å². The zero-order chi connectivity index (χ0) is 21.3. The molecular formula is C19H15Cl2N5O3. The number of carbonyl (C=O) groups excluding carboxylic acids is 3. The maximum Gasteiger partial charge on any atom is 0.325 e. The Labute approximate surface area is 176 Å². The Morgan fingerprint density at radius 3 is 2.59 bits per heavy atom. The van der Waals surface area contributed by atoms with Crippen molar-refractivity contribution in [2.45, 2.75) is 19.4 Å². The fraction of sp³-hybridized carbons (Fsp3) is 0.211. The van der Waals surface area contributed by atoms with E-state index >= 15 is 0 Å². The summed E-state index contributed by atoms with van der Waals surface area (Å²) >= 11 is 12.0. The van der Waals surface area contributed by atoms with Gasteiger partial charge in [0.1, 0.15) is 12.1 Å². The summed E-state index contributed by atoms with van der Waals surface area (Å²) < 4.78 is 0. The summed E-state index contributed by atoms with van der Waals surface area (Å²) in [5.41, 5.74) is 0.115. The van der Waals surface area contributed by atoms with E-state index in [4.69, 9.17) is 28.5 Å². The molecule has 0 aliphatic carbocycles. The molecule has 2 heterocycles. The third-order valence-electron chi connectivity index (χ3n) is 4.63. The molecule has 2 N–H and O–H groups in total. The molecule has 1 atom stereocenters. The quantitative estimate of drug-likeness (QED) is 0.721. The largest absolute Gasteiger partial charge is 0.325 e. The Morgan fingerprint density at radius 2 is 1.97 bits per heavy atom. The molecule has 148 valence electrons. The van der Waals surface area contributed by atoms with Crippen LogP contribution in [0.1, 0.15) is 23.6 Å². The van der Waals surface area contributed by atoms with Crippen LogP contribution in [-0.4, -0.2) is 34.3 Å². The molecule has 1 aromatic carbocycles. The standard InChI is InChI=1S/C19H15Cl2N5O3/c1-10-13(20)8-23-16(15(10)21)24-14(27)9-26-17(28)19(2,25-18(26)29)12-5-3-11(7-22)4-6-12/h3-6,8H,9H2,1-2H3,(H,25,29)(H,23,24,27). The number of urea groups is 1. The number of nitrogens with zero attached hydrogens (tertiary/aromatic N) is 3. The first-order valence-corrected chi connectivity index (χ1v) is 9.18. The highest BCUT2D eigenvalue weighted by Gasteiger charge is 2.49. The predicted molar refractivity (Wildman–Crippen MR) is 106 cm³/mol. The van der Waals surface area contributed by atoms with Gasteiger partial charge in [0.05, 0.1) is 21.7 Å². The molecule has 0 bridgehead atoms. The van der Waals surface area contributed by atoms with E-state index in [1.165, 1.54) is 13.1 Å². The van der Waals surface area contributed by atoms with Gasteiger partial charge in [0.15, 0.2) is 5.82 Å². The van der Waals surface area contributed by atoms with Gasteiger partial charge >= 0.3 is 6.03 Å². The Balaban J connectivity index is 1.77. The van der Waals surface area contributed by atoms with Gasteiger partial charge in [-0.25, -0.2) is 9.78 Å². The topological polar surface area (TPSA) is 115 Å². The van der Waals surface area contributed by atoms with Gasteiger partial charge in [-0.15, -0.1) is 0 Å². The van der Waals surface area contributed by atoms with Crippen LogP contribution in [0.5, 0.6) is 0 Å². The van der Waals surface area contributed by atoms with E-state index in [9.17, 15) is 14.4 Å². The van der Waals surface area contributed by atoms with Crippen LogP contribution < -0.4 is 10.6 Å². The number of hydrogen-bond acceptors (Lipinski definition) is 5.